The van der Waals surface area contributed by atoms with Crippen molar-refractivity contribution in [3.05, 3.63) is 24.3 Å². The molecular formula is C14H22N2O2S. The molecular weight excluding hydrogens is 260 g/mol. The Morgan fingerprint density at radius 2 is 1.89 bits per heavy atom. The van der Waals surface area contributed by atoms with Gasteiger partial charge in [0.05, 0.1) is 4.90 Å². The molecule has 0 aromatic heterocycles. The van der Waals surface area contributed by atoms with Crippen LogP contribution >= 0.6 is 0 Å². The predicted molar refractivity (Wildman–Crippen MR) is 77.7 cm³/mol. The normalized spacial score (nSPS) is 22.5. The summed E-state index contributed by atoms with van der Waals surface area (Å²) in [6, 6.07) is 6.95. The van der Waals surface area contributed by atoms with Crippen LogP contribution in [0.15, 0.2) is 29.2 Å². The molecule has 1 N–H and O–H groups in total. The van der Waals surface area contributed by atoms with E-state index in [1.165, 1.54) is 4.31 Å². The van der Waals surface area contributed by atoms with Gasteiger partial charge in [-0.15, -0.1) is 0 Å². The van der Waals surface area contributed by atoms with Crippen LogP contribution in [0.25, 0.3) is 0 Å². The molecule has 1 fully saturated rings. The van der Waals surface area contributed by atoms with E-state index in [1.54, 1.807) is 19.2 Å². The van der Waals surface area contributed by atoms with E-state index in [0.29, 0.717) is 23.3 Å². The van der Waals surface area contributed by atoms with Crippen molar-refractivity contribution in [3.63, 3.8) is 0 Å². The predicted octanol–water partition coefficient (Wildman–Crippen LogP) is 2.39. The Hall–Kier alpha value is -1.07. The Morgan fingerprint density at radius 3 is 2.37 bits per heavy atom. The van der Waals surface area contributed by atoms with Gasteiger partial charge in [-0.3, -0.25) is 0 Å². The van der Waals surface area contributed by atoms with Gasteiger partial charge in [-0.1, -0.05) is 6.92 Å². The van der Waals surface area contributed by atoms with Crippen LogP contribution in [-0.4, -0.2) is 32.9 Å². The van der Waals surface area contributed by atoms with Gasteiger partial charge in [0, 0.05) is 25.8 Å². The molecule has 0 spiro atoms. The number of nitrogens with zero attached hydrogens (tertiary/aromatic N) is 1. The van der Waals surface area contributed by atoms with E-state index < -0.39 is 10.0 Å². The molecule has 1 aromatic rings. The first-order chi connectivity index (χ1) is 8.95. The topological polar surface area (TPSA) is 49.4 Å². The summed E-state index contributed by atoms with van der Waals surface area (Å²) >= 11 is 0. The molecule has 19 heavy (non-hydrogen) atoms. The van der Waals surface area contributed by atoms with Crippen LogP contribution in [0, 0.1) is 11.8 Å². The fourth-order valence-corrected chi connectivity index (χ4v) is 3.44. The maximum absolute atomic E-state index is 12.4. The summed E-state index contributed by atoms with van der Waals surface area (Å²) in [5.41, 5.74) is 0.944. The lowest BCUT2D eigenvalue weighted by atomic mass is 10.3. The van der Waals surface area contributed by atoms with Crippen molar-refractivity contribution in [2.45, 2.75) is 25.2 Å². The number of sulfonamides is 1. The lowest BCUT2D eigenvalue weighted by Gasteiger charge is -2.17. The smallest absolute Gasteiger partial charge is 0.242 e. The summed E-state index contributed by atoms with van der Waals surface area (Å²) in [6.45, 7) is 5.62. The second kappa shape index (κ2) is 5.51. The zero-order valence-electron chi connectivity index (χ0n) is 11.8. The average molecular weight is 282 g/mol. The molecule has 0 bridgehead atoms. The molecule has 1 aromatic carbocycles. The Labute approximate surface area is 115 Å². The molecule has 1 saturated carbocycles. The molecule has 0 aliphatic heterocycles. The third-order valence-corrected chi connectivity index (χ3v) is 5.55. The van der Waals surface area contributed by atoms with Crippen LogP contribution in [0.1, 0.15) is 20.3 Å². The van der Waals surface area contributed by atoms with E-state index in [2.05, 4.69) is 12.2 Å². The van der Waals surface area contributed by atoms with Crippen molar-refractivity contribution in [1.82, 2.24) is 4.31 Å². The van der Waals surface area contributed by atoms with Gasteiger partial charge in [0.25, 0.3) is 0 Å². The first-order valence-corrected chi connectivity index (χ1v) is 8.19. The number of hydrogen-bond donors (Lipinski definition) is 1. The summed E-state index contributed by atoms with van der Waals surface area (Å²) in [5, 5.41) is 3.15. The van der Waals surface area contributed by atoms with Gasteiger partial charge in [0.2, 0.25) is 10.0 Å². The first kappa shape index (κ1) is 14.3. The Balaban J connectivity index is 2.09. The third kappa shape index (κ3) is 3.28. The molecule has 0 saturated heterocycles. The van der Waals surface area contributed by atoms with Gasteiger partial charge in [0.1, 0.15) is 0 Å². The molecule has 1 aliphatic rings. The maximum atomic E-state index is 12.4. The Bertz CT molecular complexity index is 525. The van der Waals surface area contributed by atoms with Crippen molar-refractivity contribution in [1.29, 1.82) is 0 Å². The van der Waals surface area contributed by atoms with Crippen LogP contribution in [0.2, 0.25) is 0 Å². The lowest BCUT2D eigenvalue weighted by Crippen LogP contribution is -2.29. The molecule has 5 heteroatoms. The zero-order chi connectivity index (χ0) is 14.0. The van der Waals surface area contributed by atoms with E-state index in [0.717, 1.165) is 18.7 Å². The number of nitrogens with one attached hydrogen (secondary N) is 1. The van der Waals surface area contributed by atoms with Crippen LogP contribution in [0.3, 0.4) is 0 Å². The number of hydrogen-bond acceptors (Lipinski definition) is 3. The largest absolute Gasteiger partial charge is 0.385 e. The SMILES string of the molecule is CCNc1ccc(S(=O)(=O)N(C)CC2CC2C)cc1. The summed E-state index contributed by atoms with van der Waals surface area (Å²) in [4.78, 5) is 0.366. The van der Waals surface area contributed by atoms with Crippen LogP contribution in [0.4, 0.5) is 5.69 Å². The zero-order valence-corrected chi connectivity index (χ0v) is 12.6. The minimum atomic E-state index is -3.34. The van der Waals surface area contributed by atoms with Gasteiger partial charge in [-0.2, -0.15) is 0 Å². The van der Waals surface area contributed by atoms with Crippen molar-refractivity contribution >= 4 is 15.7 Å². The molecule has 0 heterocycles. The minimum Gasteiger partial charge on any atom is -0.385 e. The Kier molecular flexibility index (Phi) is 4.16. The Morgan fingerprint density at radius 1 is 1.32 bits per heavy atom. The van der Waals surface area contributed by atoms with Crippen molar-refractivity contribution in [2.24, 2.45) is 11.8 Å². The molecule has 2 unspecified atom stereocenters. The van der Waals surface area contributed by atoms with Gasteiger partial charge in [-0.25, -0.2) is 12.7 Å². The second-order valence-corrected chi connectivity index (χ2v) is 7.36. The minimum absolute atomic E-state index is 0.366. The van der Waals surface area contributed by atoms with E-state index in [1.807, 2.05) is 19.1 Å². The molecule has 0 radical (unpaired) electrons. The highest BCUT2D eigenvalue weighted by Crippen LogP contribution is 2.38. The quantitative estimate of drug-likeness (QED) is 0.871. The van der Waals surface area contributed by atoms with Crippen molar-refractivity contribution in [2.75, 3.05) is 25.5 Å². The standard InChI is InChI=1S/C14H22N2O2S/c1-4-15-13-5-7-14(8-6-13)19(17,18)16(3)10-12-9-11(12)2/h5-8,11-12,15H,4,9-10H2,1-3H3. The number of rotatable bonds is 6. The highest BCUT2D eigenvalue weighted by molar-refractivity contribution is 7.89. The molecule has 4 nitrogen and oxygen atoms in total. The average Bonchev–Trinajstić information content (AvgIpc) is 3.06. The highest BCUT2D eigenvalue weighted by atomic mass is 32.2. The third-order valence-electron chi connectivity index (χ3n) is 3.71. The van der Waals surface area contributed by atoms with Gasteiger partial charge >= 0.3 is 0 Å². The molecule has 0 amide bonds. The molecule has 106 valence electrons. The van der Waals surface area contributed by atoms with Crippen molar-refractivity contribution < 1.29 is 8.42 Å². The number of anilines is 1. The summed E-state index contributed by atoms with van der Waals surface area (Å²) in [7, 11) is -1.68. The van der Waals surface area contributed by atoms with E-state index >= 15 is 0 Å². The van der Waals surface area contributed by atoms with E-state index in [4.69, 9.17) is 0 Å². The lowest BCUT2D eigenvalue weighted by molar-refractivity contribution is 0.444. The van der Waals surface area contributed by atoms with Gasteiger partial charge in [0.15, 0.2) is 0 Å². The van der Waals surface area contributed by atoms with Crippen LogP contribution in [0.5, 0.6) is 0 Å². The van der Waals surface area contributed by atoms with Crippen LogP contribution < -0.4 is 5.32 Å². The van der Waals surface area contributed by atoms with Crippen LogP contribution in [-0.2, 0) is 10.0 Å². The summed E-state index contributed by atoms with van der Waals surface area (Å²) in [5.74, 6) is 1.19. The van der Waals surface area contributed by atoms with Gasteiger partial charge < -0.3 is 5.32 Å². The molecule has 2 rings (SSSR count). The van der Waals surface area contributed by atoms with Gasteiger partial charge in [-0.05, 0) is 49.4 Å². The summed E-state index contributed by atoms with van der Waals surface area (Å²) < 4.78 is 26.2. The highest BCUT2D eigenvalue weighted by Gasteiger charge is 2.36. The maximum Gasteiger partial charge on any atom is 0.242 e. The van der Waals surface area contributed by atoms with E-state index in [-0.39, 0.29) is 0 Å². The van der Waals surface area contributed by atoms with Crippen molar-refractivity contribution in [3.8, 4) is 0 Å². The fourth-order valence-electron chi connectivity index (χ4n) is 2.21. The fraction of sp³-hybridized carbons (Fsp3) is 0.571. The second-order valence-electron chi connectivity index (χ2n) is 5.31. The van der Waals surface area contributed by atoms with E-state index in [9.17, 15) is 8.42 Å². The molecule has 2 atom stereocenters. The number of benzene rings is 1. The summed E-state index contributed by atoms with van der Waals surface area (Å²) in [6.07, 6.45) is 1.14. The monoisotopic (exact) mass is 282 g/mol. The first-order valence-electron chi connectivity index (χ1n) is 6.75. The molecule has 1 aliphatic carbocycles.